The summed E-state index contributed by atoms with van der Waals surface area (Å²) < 4.78 is 11.2. The standard InChI is InChI=1S/C25H48O6/c1-4-6-7-8-9-10-11-12-13-14-15-16-17-18-19-21(3)31-23(30-5-2)20-22(24(26)27)25(28)29/h21-23H,4-20H2,1-3H3,(H,26,27)(H,28,29). The van der Waals surface area contributed by atoms with Crippen LogP contribution in [0, 0.1) is 5.92 Å². The van der Waals surface area contributed by atoms with Crippen LogP contribution < -0.4 is 0 Å². The normalized spacial score (nSPS) is 13.4. The highest BCUT2D eigenvalue weighted by molar-refractivity contribution is 5.92. The number of unbranched alkanes of at least 4 members (excludes halogenated alkanes) is 13. The minimum Gasteiger partial charge on any atom is -0.481 e. The Bertz CT molecular complexity index is 426. The SMILES string of the molecule is CCCCCCCCCCCCCCCCC(C)OC(CC(C(=O)O)C(=O)O)OCC. The van der Waals surface area contributed by atoms with Crippen molar-refractivity contribution in [2.24, 2.45) is 5.92 Å². The van der Waals surface area contributed by atoms with Gasteiger partial charge in [-0.25, -0.2) is 0 Å². The van der Waals surface area contributed by atoms with E-state index in [2.05, 4.69) is 6.92 Å². The molecule has 6 nitrogen and oxygen atoms in total. The third kappa shape index (κ3) is 18.2. The average Bonchev–Trinajstić information content (AvgIpc) is 2.71. The van der Waals surface area contributed by atoms with Gasteiger partial charge in [0.25, 0.3) is 0 Å². The molecule has 0 aromatic heterocycles. The molecule has 0 aliphatic heterocycles. The smallest absolute Gasteiger partial charge is 0.318 e. The number of ether oxygens (including phenoxy) is 2. The maximum absolute atomic E-state index is 11.1. The molecule has 0 spiro atoms. The van der Waals surface area contributed by atoms with Crippen molar-refractivity contribution in [2.75, 3.05) is 6.61 Å². The number of aliphatic carboxylic acids is 2. The molecule has 0 saturated carbocycles. The molecule has 2 N–H and O–H groups in total. The Labute approximate surface area is 190 Å². The number of hydrogen-bond acceptors (Lipinski definition) is 4. The van der Waals surface area contributed by atoms with Gasteiger partial charge in [-0.3, -0.25) is 9.59 Å². The monoisotopic (exact) mass is 444 g/mol. The fourth-order valence-corrected chi connectivity index (χ4v) is 3.80. The Morgan fingerprint density at radius 3 is 1.52 bits per heavy atom. The van der Waals surface area contributed by atoms with Gasteiger partial charge in [0.2, 0.25) is 0 Å². The van der Waals surface area contributed by atoms with Crippen molar-refractivity contribution in [3.63, 3.8) is 0 Å². The summed E-state index contributed by atoms with van der Waals surface area (Å²) in [5, 5.41) is 18.1. The highest BCUT2D eigenvalue weighted by Crippen LogP contribution is 2.18. The van der Waals surface area contributed by atoms with Crippen molar-refractivity contribution in [2.45, 2.75) is 136 Å². The quantitative estimate of drug-likeness (QED) is 0.102. The lowest BCUT2D eigenvalue weighted by atomic mass is 10.0. The van der Waals surface area contributed by atoms with Crippen LogP contribution in [-0.4, -0.2) is 41.2 Å². The summed E-state index contributed by atoms with van der Waals surface area (Å²) >= 11 is 0. The van der Waals surface area contributed by atoms with Gasteiger partial charge in [-0.15, -0.1) is 0 Å². The Morgan fingerprint density at radius 2 is 1.13 bits per heavy atom. The predicted octanol–water partition coefficient (Wildman–Crippen LogP) is 6.80. The van der Waals surface area contributed by atoms with Crippen molar-refractivity contribution in [3.05, 3.63) is 0 Å². The van der Waals surface area contributed by atoms with E-state index in [0.717, 1.165) is 19.3 Å². The summed E-state index contributed by atoms with van der Waals surface area (Å²) in [5.41, 5.74) is 0. The predicted molar refractivity (Wildman–Crippen MR) is 124 cm³/mol. The molecule has 0 fully saturated rings. The first kappa shape index (κ1) is 29.9. The Morgan fingerprint density at radius 1 is 0.710 bits per heavy atom. The first-order valence-corrected chi connectivity index (χ1v) is 12.6. The zero-order valence-electron chi connectivity index (χ0n) is 20.3. The van der Waals surface area contributed by atoms with E-state index in [1.165, 1.54) is 77.0 Å². The first-order chi connectivity index (χ1) is 14.9. The van der Waals surface area contributed by atoms with Crippen LogP contribution >= 0.6 is 0 Å². The molecule has 0 amide bonds. The molecule has 0 aliphatic carbocycles. The topological polar surface area (TPSA) is 93.1 Å². The number of hydrogen-bond donors (Lipinski definition) is 2. The van der Waals surface area contributed by atoms with Gasteiger partial charge in [-0.2, -0.15) is 0 Å². The molecule has 0 bridgehead atoms. The van der Waals surface area contributed by atoms with Gasteiger partial charge in [0, 0.05) is 13.0 Å². The second kappa shape index (κ2) is 20.7. The molecule has 0 aliphatic rings. The lowest BCUT2D eigenvalue weighted by Gasteiger charge is -2.23. The van der Waals surface area contributed by atoms with Crippen molar-refractivity contribution >= 4 is 11.9 Å². The molecule has 0 heterocycles. The van der Waals surface area contributed by atoms with Crippen molar-refractivity contribution in [3.8, 4) is 0 Å². The van der Waals surface area contributed by atoms with Crippen LogP contribution in [0.4, 0.5) is 0 Å². The van der Waals surface area contributed by atoms with Crippen LogP contribution in [0.2, 0.25) is 0 Å². The molecule has 31 heavy (non-hydrogen) atoms. The number of carboxylic acids is 2. The minimum atomic E-state index is -1.51. The first-order valence-electron chi connectivity index (χ1n) is 12.6. The summed E-state index contributed by atoms with van der Waals surface area (Å²) in [4.78, 5) is 22.2. The lowest BCUT2D eigenvalue weighted by molar-refractivity contribution is -0.185. The van der Waals surface area contributed by atoms with Gasteiger partial charge >= 0.3 is 11.9 Å². The van der Waals surface area contributed by atoms with Crippen molar-refractivity contribution in [1.82, 2.24) is 0 Å². The maximum Gasteiger partial charge on any atom is 0.318 e. The number of rotatable bonds is 23. The van der Waals surface area contributed by atoms with Crippen molar-refractivity contribution < 1.29 is 29.3 Å². The van der Waals surface area contributed by atoms with Crippen LogP contribution in [0.15, 0.2) is 0 Å². The lowest BCUT2D eigenvalue weighted by Crippen LogP contribution is -2.32. The van der Waals surface area contributed by atoms with Gasteiger partial charge in [0.05, 0.1) is 6.10 Å². The minimum absolute atomic E-state index is 0.0860. The van der Waals surface area contributed by atoms with E-state index in [-0.39, 0.29) is 12.5 Å². The molecule has 0 radical (unpaired) electrons. The third-order valence-corrected chi connectivity index (χ3v) is 5.73. The molecular weight excluding hydrogens is 396 g/mol. The van der Waals surface area contributed by atoms with E-state index in [0.29, 0.717) is 6.61 Å². The van der Waals surface area contributed by atoms with Crippen LogP contribution in [0.1, 0.15) is 124 Å². The number of carboxylic acid groups (broad SMARTS) is 2. The Kier molecular flexibility index (Phi) is 20.0. The van der Waals surface area contributed by atoms with Gasteiger partial charge in [-0.05, 0) is 20.3 Å². The number of carbonyl (C=O) groups is 2. The summed E-state index contributed by atoms with van der Waals surface area (Å²) in [6.07, 6.45) is 18.3. The van der Waals surface area contributed by atoms with Crippen LogP contribution in [0.3, 0.4) is 0 Å². The van der Waals surface area contributed by atoms with Crippen LogP contribution in [0.5, 0.6) is 0 Å². The zero-order chi connectivity index (χ0) is 23.3. The van der Waals surface area contributed by atoms with E-state index >= 15 is 0 Å². The fraction of sp³-hybridized carbons (Fsp3) is 0.920. The molecule has 2 atom stereocenters. The largest absolute Gasteiger partial charge is 0.481 e. The zero-order valence-corrected chi connectivity index (χ0v) is 20.3. The maximum atomic E-state index is 11.1. The molecule has 0 rings (SSSR count). The molecule has 6 heteroatoms. The van der Waals surface area contributed by atoms with Gasteiger partial charge in [0.1, 0.15) is 0 Å². The highest BCUT2D eigenvalue weighted by atomic mass is 16.7. The second-order valence-electron chi connectivity index (χ2n) is 8.68. The molecule has 0 saturated heterocycles. The summed E-state index contributed by atoms with van der Waals surface area (Å²) in [7, 11) is 0. The van der Waals surface area contributed by atoms with Crippen LogP contribution in [0.25, 0.3) is 0 Å². The second-order valence-corrected chi connectivity index (χ2v) is 8.68. The van der Waals surface area contributed by atoms with E-state index in [1.54, 1.807) is 6.92 Å². The Balaban J connectivity index is 3.73. The van der Waals surface area contributed by atoms with Gasteiger partial charge in [-0.1, -0.05) is 96.8 Å². The molecule has 2 unspecified atom stereocenters. The van der Waals surface area contributed by atoms with E-state index in [1.807, 2.05) is 6.92 Å². The highest BCUT2D eigenvalue weighted by Gasteiger charge is 2.30. The molecule has 184 valence electrons. The molecule has 0 aromatic rings. The van der Waals surface area contributed by atoms with Gasteiger partial charge in [0.15, 0.2) is 12.2 Å². The molecule has 0 aromatic carbocycles. The summed E-state index contributed by atoms with van der Waals surface area (Å²) in [6, 6.07) is 0. The van der Waals surface area contributed by atoms with E-state index < -0.39 is 24.1 Å². The van der Waals surface area contributed by atoms with Crippen molar-refractivity contribution in [1.29, 1.82) is 0 Å². The Hall–Kier alpha value is -1.14. The van der Waals surface area contributed by atoms with E-state index in [4.69, 9.17) is 19.7 Å². The fourth-order valence-electron chi connectivity index (χ4n) is 3.80. The van der Waals surface area contributed by atoms with Crippen LogP contribution in [-0.2, 0) is 19.1 Å². The third-order valence-electron chi connectivity index (χ3n) is 5.73. The van der Waals surface area contributed by atoms with Gasteiger partial charge < -0.3 is 19.7 Å². The average molecular weight is 445 g/mol. The molecular formula is C25H48O6. The summed E-state index contributed by atoms with van der Waals surface area (Å²) in [6.45, 7) is 6.33. The van der Waals surface area contributed by atoms with E-state index in [9.17, 15) is 9.59 Å². The summed E-state index contributed by atoms with van der Waals surface area (Å²) in [5.74, 6) is -4.23.